The van der Waals surface area contributed by atoms with E-state index < -0.39 is 33.9 Å². The third kappa shape index (κ3) is 4.83. The molecule has 9 rings (SSSR count). The van der Waals surface area contributed by atoms with Gasteiger partial charge in [0.25, 0.3) is 0 Å². The summed E-state index contributed by atoms with van der Waals surface area (Å²) in [6.07, 6.45) is 11.9. The molecule has 1 aromatic heterocycles. The molecule has 5 aliphatic heterocycles. The molecule has 6 aliphatic rings. The van der Waals surface area contributed by atoms with Gasteiger partial charge < -0.3 is 29.2 Å². The van der Waals surface area contributed by atoms with Gasteiger partial charge in [-0.05, 0) is 80.7 Å². The summed E-state index contributed by atoms with van der Waals surface area (Å²) in [6.45, 7) is 8.82. The normalized spacial score (nSPS) is 35.0. The summed E-state index contributed by atoms with van der Waals surface area (Å²) < 4.78 is 17.9. The van der Waals surface area contributed by atoms with E-state index in [4.69, 9.17) is 14.2 Å². The number of piperidine rings is 1. The first-order chi connectivity index (χ1) is 26.5. The van der Waals surface area contributed by atoms with Crippen LogP contribution in [0.15, 0.2) is 60.2 Å². The first-order valence-corrected chi connectivity index (χ1v) is 20.3. The molecule has 0 amide bonds. The zero-order valence-electron chi connectivity index (χ0n) is 33.2. The number of aromatic nitrogens is 1. The number of nitrogens with zero attached hydrogens (tertiary/aromatic N) is 3. The molecule has 6 heterocycles. The van der Waals surface area contributed by atoms with Gasteiger partial charge in [-0.1, -0.05) is 55.8 Å². The molecule has 10 heteroatoms. The SMILES string of the molecule is CCC1=C[C@@H]2CN(CCc3c([nH]c4ccccc34)[C@@](C(=O)OC)(c3cc4c(cc3OC)N(C)[C@@H]3[C@]45CCCN4CC=C[C@@](CC)(C[C@]3(O)C(=O)OC)[C@H]45)C2)C1. The van der Waals surface area contributed by atoms with Crippen molar-refractivity contribution in [2.75, 3.05) is 66.0 Å². The number of methoxy groups -OCH3 is 3. The molecule has 55 heavy (non-hydrogen) atoms. The molecule has 1 aliphatic carbocycles. The Morgan fingerprint density at radius 2 is 1.82 bits per heavy atom. The summed E-state index contributed by atoms with van der Waals surface area (Å²) in [5.74, 6) is -0.265. The summed E-state index contributed by atoms with van der Waals surface area (Å²) in [7, 11) is 6.56. The Kier molecular flexibility index (Phi) is 8.61. The Morgan fingerprint density at radius 3 is 2.56 bits per heavy atom. The first kappa shape index (κ1) is 36.5. The molecule has 2 N–H and O–H groups in total. The zero-order valence-corrected chi connectivity index (χ0v) is 33.2. The number of aromatic amines is 1. The average molecular weight is 749 g/mol. The van der Waals surface area contributed by atoms with E-state index in [1.54, 1.807) is 7.11 Å². The molecule has 10 nitrogen and oxygen atoms in total. The molecule has 2 bridgehead atoms. The number of hydrogen-bond donors (Lipinski definition) is 2. The van der Waals surface area contributed by atoms with Crippen LogP contribution in [0.25, 0.3) is 10.9 Å². The van der Waals surface area contributed by atoms with Gasteiger partial charge in [0, 0.05) is 84.0 Å². The molecule has 3 aromatic rings. The van der Waals surface area contributed by atoms with E-state index in [2.05, 4.69) is 82.1 Å². The van der Waals surface area contributed by atoms with Gasteiger partial charge in [-0.3, -0.25) is 14.6 Å². The fraction of sp³-hybridized carbons (Fsp3) is 0.556. The fourth-order valence-corrected chi connectivity index (χ4v) is 12.9. The number of likely N-dealkylation sites (N-methyl/N-ethyl adjacent to an activating group) is 1. The topological polar surface area (TPSA) is 108 Å². The Balaban J connectivity index is 1.37. The fourth-order valence-electron chi connectivity index (χ4n) is 12.9. The van der Waals surface area contributed by atoms with Crippen LogP contribution in [0.1, 0.15) is 74.8 Å². The second-order valence-corrected chi connectivity index (χ2v) is 17.3. The highest BCUT2D eigenvalue weighted by Gasteiger charge is 2.74. The molecular formula is C45H56N4O6. The Bertz CT molecular complexity index is 2120. The summed E-state index contributed by atoms with van der Waals surface area (Å²) in [4.78, 5) is 40.4. The predicted octanol–water partition coefficient (Wildman–Crippen LogP) is 5.64. The van der Waals surface area contributed by atoms with Crippen molar-refractivity contribution in [2.45, 2.75) is 87.3 Å². The van der Waals surface area contributed by atoms with Gasteiger partial charge in [-0.25, -0.2) is 4.79 Å². The Hall–Kier alpha value is -4.12. The molecule has 1 unspecified atom stereocenters. The monoisotopic (exact) mass is 748 g/mol. The van der Waals surface area contributed by atoms with Crippen LogP contribution < -0.4 is 9.64 Å². The van der Waals surface area contributed by atoms with Crippen LogP contribution in [-0.2, 0) is 36.3 Å². The van der Waals surface area contributed by atoms with E-state index >= 15 is 4.79 Å². The summed E-state index contributed by atoms with van der Waals surface area (Å²) in [5.41, 5.74) is 2.91. The van der Waals surface area contributed by atoms with Gasteiger partial charge in [0.1, 0.15) is 11.2 Å². The average Bonchev–Trinajstić information content (AvgIpc) is 3.71. The zero-order chi connectivity index (χ0) is 38.5. The molecular weight excluding hydrogens is 693 g/mol. The number of aliphatic hydroxyl groups is 1. The van der Waals surface area contributed by atoms with Crippen molar-refractivity contribution in [1.29, 1.82) is 0 Å². The molecule has 2 aromatic carbocycles. The van der Waals surface area contributed by atoms with Crippen LogP contribution >= 0.6 is 0 Å². The molecule has 0 radical (unpaired) electrons. The third-order valence-electron chi connectivity index (χ3n) is 14.9. The van der Waals surface area contributed by atoms with Gasteiger partial charge in [-0.2, -0.15) is 0 Å². The number of anilines is 1. The summed E-state index contributed by atoms with van der Waals surface area (Å²) in [5, 5.41) is 14.1. The number of H-pyrrole nitrogens is 1. The van der Waals surface area contributed by atoms with E-state index in [0.717, 1.165) is 104 Å². The lowest BCUT2D eigenvalue weighted by Crippen LogP contribution is -2.78. The molecule has 2 fully saturated rings. The Labute approximate surface area is 324 Å². The van der Waals surface area contributed by atoms with E-state index in [1.807, 2.05) is 13.1 Å². The van der Waals surface area contributed by atoms with Gasteiger partial charge >= 0.3 is 11.9 Å². The molecule has 292 valence electrons. The van der Waals surface area contributed by atoms with E-state index in [1.165, 1.54) is 19.8 Å². The maximum absolute atomic E-state index is 15.2. The summed E-state index contributed by atoms with van der Waals surface area (Å²) >= 11 is 0. The molecule has 1 saturated carbocycles. The van der Waals surface area contributed by atoms with Crippen molar-refractivity contribution in [3.8, 4) is 5.75 Å². The smallest absolute Gasteiger partial charge is 0.340 e. The molecule has 1 spiro atoms. The van der Waals surface area contributed by atoms with Gasteiger partial charge in [0.15, 0.2) is 5.60 Å². The highest BCUT2D eigenvalue weighted by molar-refractivity contribution is 5.94. The minimum Gasteiger partial charge on any atom is -0.496 e. The number of carbonyl (C=O) groups excluding carboxylic acids is 2. The maximum atomic E-state index is 15.2. The van der Waals surface area contributed by atoms with Crippen molar-refractivity contribution in [3.63, 3.8) is 0 Å². The molecule has 1 saturated heterocycles. The lowest BCUT2D eigenvalue weighted by Gasteiger charge is -2.66. The predicted molar refractivity (Wildman–Crippen MR) is 213 cm³/mol. The summed E-state index contributed by atoms with van der Waals surface area (Å²) in [6, 6.07) is 12.1. The van der Waals surface area contributed by atoms with Gasteiger partial charge in [-0.15, -0.1) is 0 Å². The van der Waals surface area contributed by atoms with Crippen LogP contribution in [0, 0.1) is 11.3 Å². The van der Waals surface area contributed by atoms with E-state index in [-0.39, 0.29) is 24.3 Å². The maximum Gasteiger partial charge on any atom is 0.340 e. The van der Waals surface area contributed by atoms with Crippen LogP contribution in [0.5, 0.6) is 5.75 Å². The number of nitrogens with one attached hydrogen (secondary N) is 1. The number of carbonyl (C=O) groups is 2. The first-order valence-electron chi connectivity index (χ1n) is 20.3. The quantitative estimate of drug-likeness (QED) is 0.245. The van der Waals surface area contributed by atoms with Crippen LogP contribution in [-0.4, -0.2) is 111 Å². The highest BCUT2D eigenvalue weighted by Crippen LogP contribution is 2.67. The lowest BCUT2D eigenvalue weighted by molar-refractivity contribution is -0.189. The Morgan fingerprint density at radius 1 is 1.02 bits per heavy atom. The van der Waals surface area contributed by atoms with Crippen molar-refractivity contribution >= 4 is 28.5 Å². The van der Waals surface area contributed by atoms with Gasteiger partial charge in [0.05, 0.1) is 27.4 Å². The van der Waals surface area contributed by atoms with E-state index in [0.29, 0.717) is 12.2 Å². The standard InChI is InChI=1S/C45H56N4O6/c1-7-28-21-29-24-44(40(50)54-5,37-31(15-20-48(25-28)26-29)30-13-9-10-14-34(30)46-37)33-22-32-35(23-36(33)53-4)47(3)39-43(32)17-12-19-49-18-11-16-42(8-2,38(43)49)27-45(39,52)41(51)55-6/h9-11,13-14,16,21-23,29,38-39,46,52H,7-8,12,15,17-20,24-27H2,1-6H3/t29-,38-,39+,42-,43+,44-,45+/m0/s1. The number of esters is 2. The molecule has 8 atom stereocenters. The largest absolute Gasteiger partial charge is 0.496 e. The lowest BCUT2D eigenvalue weighted by atomic mass is 9.46. The van der Waals surface area contributed by atoms with Crippen molar-refractivity contribution in [1.82, 2.24) is 14.8 Å². The van der Waals surface area contributed by atoms with Crippen LogP contribution in [0.2, 0.25) is 0 Å². The van der Waals surface area contributed by atoms with E-state index in [9.17, 15) is 9.90 Å². The second kappa shape index (κ2) is 13.0. The van der Waals surface area contributed by atoms with Crippen molar-refractivity contribution in [2.24, 2.45) is 11.3 Å². The number of ether oxygens (including phenoxy) is 3. The third-order valence-corrected chi connectivity index (χ3v) is 14.9. The minimum atomic E-state index is -1.79. The second-order valence-electron chi connectivity index (χ2n) is 17.3. The van der Waals surface area contributed by atoms with Gasteiger partial charge in [0.2, 0.25) is 0 Å². The number of para-hydroxylation sites is 1. The van der Waals surface area contributed by atoms with Crippen molar-refractivity contribution < 1.29 is 28.9 Å². The number of fused-ring (bicyclic) bond motifs is 6. The minimum absolute atomic E-state index is 0.0174. The number of benzene rings is 2. The van der Waals surface area contributed by atoms with Crippen LogP contribution in [0.3, 0.4) is 0 Å². The highest BCUT2D eigenvalue weighted by atomic mass is 16.5. The van der Waals surface area contributed by atoms with Crippen molar-refractivity contribution in [3.05, 3.63) is 82.6 Å². The van der Waals surface area contributed by atoms with Crippen LogP contribution in [0.4, 0.5) is 5.69 Å². The number of rotatable bonds is 6. The number of hydrogen-bond acceptors (Lipinski definition) is 9.